The third-order valence-corrected chi connectivity index (χ3v) is 3.25. The van der Waals surface area contributed by atoms with E-state index in [4.69, 9.17) is 4.74 Å². The van der Waals surface area contributed by atoms with Crippen molar-refractivity contribution in [2.45, 2.75) is 0 Å². The average Bonchev–Trinajstić information content (AvgIpc) is 2.68. The molecule has 0 fully saturated rings. The molecule has 2 heterocycles. The number of azo groups is 1. The molecule has 1 N–H and O–H groups in total. The molecule has 1 aromatic carbocycles. The second-order valence-electron chi connectivity index (χ2n) is 4.94. The molecule has 0 spiro atoms. The van der Waals surface area contributed by atoms with Crippen LogP contribution in [0.5, 0.6) is 5.75 Å². The van der Waals surface area contributed by atoms with Gasteiger partial charge in [0.2, 0.25) is 0 Å². The molecule has 7 nitrogen and oxygen atoms in total. The SMILES string of the molecule is COc1cc(/N=N\c2ccccn2)ccc1NC(=O)c1ccccn1. The molecule has 2 aromatic heterocycles. The highest BCUT2D eigenvalue weighted by Crippen LogP contribution is 2.30. The summed E-state index contributed by atoms with van der Waals surface area (Å²) in [7, 11) is 1.52. The minimum Gasteiger partial charge on any atom is -0.494 e. The predicted octanol–water partition coefficient (Wildman–Crippen LogP) is 4.15. The van der Waals surface area contributed by atoms with Crippen LogP contribution >= 0.6 is 0 Å². The molecule has 0 radical (unpaired) electrons. The number of benzene rings is 1. The van der Waals surface area contributed by atoms with E-state index in [0.717, 1.165) is 0 Å². The Morgan fingerprint density at radius 3 is 2.48 bits per heavy atom. The van der Waals surface area contributed by atoms with E-state index in [2.05, 4.69) is 25.5 Å². The van der Waals surface area contributed by atoms with E-state index in [-0.39, 0.29) is 5.91 Å². The predicted molar refractivity (Wildman–Crippen MR) is 93.6 cm³/mol. The third kappa shape index (κ3) is 4.23. The molecule has 0 unspecified atom stereocenters. The molecule has 0 aliphatic carbocycles. The van der Waals surface area contributed by atoms with Crippen LogP contribution in [0.4, 0.5) is 17.2 Å². The summed E-state index contributed by atoms with van der Waals surface area (Å²) in [6.07, 6.45) is 3.21. The molecular weight excluding hydrogens is 318 g/mol. The zero-order valence-corrected chi connectivity index (χ0v) is 13.5. The highest BCUT2D eigenvalue weighted by Gasteiger charge is 2.11. The maximum Gasteiger partial charge on any atom is 0.274 e. The summed E-state index contributed by atoms with van der Waals surface area (Å²) in [5.74, 6) is 0.664. The minimum atomic E-state index is -0.318. The van der Waals surface area contributed by atoms with E-state index in [9.17, 15) is 4.79 Å². The van der Waals surface area contributed by atoms with Crippen molar-refractivity contribution < 1.29 is 9.53 Å². The summed E-state index contributed by atoms with van der Waals surface area (Å²) in [6, 6.07) is 15.6. The van der Waals surface area contributed by atoms with Gasteiger partial charge in [-0.2, -0.15) is 0 Å². The Bertz CT molecular complexity index is 882. The van der Waals surface area contributed by atoms with Crippen LogP contribution in [0.1, 0.15) is 10.5 Å². The number of methoxy groups -OCH3 is 1. The number of carbonyl (C=O) groups excluding carboxylic acids is 1. The van der Waals surface area contributed by atoms with E-state index in [1.54, 1.807) is 60.9 Å². The van der Waals surface area contributed by atoms with Crippen molar-refractivity contribution >= 4 is 23.1 Å². The third-order valence-electron chi connectivity index (χ3n) is 3.25. The molecule has 3 rings (SSSR count). The number of nitrogens with one attached hydrogen (secondary N) is 1. The Labute approximate surface area is 144 Å². The standard InChI is InChI=1S/C18H15N5O2/c1-25-16-12-13(22-23-17-7-3-5-11-20-17)8-9-14(16)21-18(24)15-6-2-4-10-19-15/h2-12H,1H3,(H,21,24)/b23-22-. The summed E-state index contributed by atoms with van der Waals surface area (Å²) in [6.45, 7) is 0. The topological polar surface area (TPSA) is 88.8 Å². The van der Waals surface area contributed by atoms with Crippen molar-refractivity contribution in [3.05, 3.63) is 72.7 Å². The molecule has 0 aliphatic heterocycles. The van der Waals surface area contributed by atoms with Gasteiger partial charge in [-0.15, -0.1) is 10.2 Å². The average molecular weight is 333 g/mol. The first-order chi connectivity index (χ1) is 12.3. The molecule has 1 amide bonds. The van der Waals surface area contributed by atoms with Gasteiger partial charge in [-0.1, -0.05) is 12.1 Å². The molecule has 0 aliphatic rings. The summed E-state index contributed by atoms with van der Waals surface area (Å²) in [5, 5.41) is 10.9. The Morgan fingerprint density at radius 1 is 1.00 bits per heavy atom. The molecule has 0 atom stereocenters. The smallest absolute Gasteiger partial charge is 0.274 e. The monoisotopic (exact) mass is 333 g/mol. The van der Waals surface area contributed by atoms with E-state index in [0.29, 0.717) is 28.6 Å². The van der Waals surface area contributed by atoms with Gasteiger partial charge in [0.25, 0.3) is 5.91 Å². The van der Waals surface area contributed by atoms with E-state index >= 15 is 0 Å². The van der Waals surface area contributed by atoms with E-state index in [1.165, 1.54) is 7.11 Å². The first-order valence-electron chi connectivity index (χ1n) is 7.49. The molecule has 0 bridgehead atoms. The second-order valence-corrected chi connectivity index (χ2v) is 4.94. The lowest BCUT2D eigenvalue weighted by molar-refractivity contribution is 0.102. The van der Waals surface area contributed by atoms with Crippen LogP contribution in [-0.2, 0) is 0 Å². The maximum absolute atomic E-state index is 12.2. The van der Waals surface area contributed by atoms with Gasteiger partial charge in [-0.25, -0.2) is 4.98 Å². The molecule has 0 saturated carbocycles. The largest absolute Gasteiger partial charge is 0.494 e. The van der Waals surface area contributed by atoms with Crippen molar-refractivity contribution in [3.8, 4) is 5.75 Å². The lowest BCUT2D eigenvalue weighted by atomic mass is 10.2. The molecule has 124 valence electrons. The van der Waals surface area contributed by atoms with Gasteiger partial charge in [0.15, 0.2) is 5.82 Å². The number of carbonyl (C=O) groups is 1. The van der Waals surface area contributed by atoms with Gasteiger partial charge in [0.05, 0.1) is 18.5 Å². The first kappa shape index (κ1) is 16.3. The van der Waals surface area contributed by atoms with Crippen LogP contribution in [0, 0.1) is 0 Å². The molecule has 7 heteroatoms. The van der Waals surface area contributed by atoms with Gasteiger partial charge in [0.1, 0.15) is 11.4 Å². The highest BCUT2D eigenvalue weighted by molar-refractivity contribution is 6.03. The number of nitrogens with zero attached hydrogens (tertiary/aromatic N) is 4. The number of rotatable bonds is 5. The Hall–Kier alpha value is -3.61. The van der Waals surface area contributed by atoms with Crippen molar-refractivity contribution in [2.75, 3.05) is 12.4 Å². The molecule has 25 heavy (non-hydrogen) atoms. The lowest BCUT2D eigenvalue weighted by Gasteiger charge is -2.10. The maximum atomic E-state index is 12.2. The van der Waals surface area contributed by atoms with Crippen LogP contribution in [0.15, 0.2) is 77.2 Å². The van der Waals surface area contributed by atoms with Crippen molar-refractivity contribution in [1.29, 1.82) is 0 Å². The van der Waals surface area contributed by atoms with E-state index in [1.807, 2.05) is 6.07 Å². The molecule has 0 saturated heterocycles. The number of aromatic nitrogens is 2. The van der Waals surface area contributed by atoms with Gasteiger partial charge in [0, 0.05) is 18.5 Å². The van der Waals surface area contributed by atoms with Crippen LogP contribution in [-0.4, -0.2) is 23.0 Å². The summed E-state index contributed by atoms with van der Waals surface area (Å²) in [4.78, 5) is 20.3. The van der Waals surface area contributed by atoms with Gasteiger partial charge >= 0.3 is 0 Å². The number of pyridine rings is 2. The number of hydrogen-bond donors (Lipinski definition) is 1. The number of ether oxygens (including phenoxy) is 1. The summed E-state index contributed by atoms with van der Waals surface area (Å²) >= 11 is 0. The fourth-order valence-electron chi connectivity index (χ4n) is 2.05. The van der Waals surface area contributed by atoms with Crippen molar-refractivity contribution in [1.82, 2.24) is 9.97 Å². The fourth-order valence-corrected chi connectivity index (χ4v) is 2.05. The van der Waals surface area contributed by atoms with Crippen LogP contribution in [0.2, 0.25) is 0 Å². The first-order valence-corrected chi connectivity index (χ1v) is 7.49. The van der Waals surface area contributed by atoms with E-state index < -0.39 is 0 Å². The normalized spacial score (nSPS) is 10.6. The Morgan fingerprint density at radius 2 is 1.80 bits per heavy atom. The molecular formula is C18H15N5O2. The summed E-state index contributed by atoms with van der Waals surface area (Å²) < 4.78 is 5.32. The van der Waals surface area contributed by atoms with Gasteiger partial charge in [-0.3, -0.25) is 9.78 Å². The van der Waals surface area contributed by atoms with Crippen molar-refractivity contribution in [2.24, 2.45) is 10.2 Å². The summed E-state index contributed by atoms with van der Waals surface area (Å²) in [5.41, 5.74) is 1.43. The Balaban J connectivity index is 1.78. The number of amides is 1. The number of anilines is 1. The molecule has 3 aromatic rings. The zero-order valence-electron chi connectivity index (χ0n) is 13.5. The van der Waals surface area contributed by atoms with Gasteiger partial charge < -0.3 is 10.1 Å². The Kier molecular flexibility index (Phi) is 5.06. The second kappa shape index (κ2) is 7.78. The highest BCUT2D eigenvalue weighted by atomic mass is 16.5. The van der Waals surface area contributed by atoms with Crippen molar-refractivity contribution in [3.63, 3.8) is 0 Å². The van der Waals surface area contributed by atoms with Gasteiger partial charge in [-0.05, 0) is 36.4 Å². The quantitative estimate of drug-likeness (QED) is 0.710. The van der Waals surface area contributed by atoms with Crippen LogP contribution < -0.4 is 10.1 Å². The number of hydrogen-bond acceptors (Lipinski definition) is 6. The lowest BCUT2D eigenvalue weighted by Crippen LogP contribution is -2.13. The fraction of sp³-hybridized carbons (Fsp3) is 0.0556. The minimum absolute atomic E-state index is 0.318. The zero-order chi connectivity index (χ0) is 17.5. The van der Waals surface area contributed by atoms with Crippen LogP contribution in [0.3, 0.4) is 0 Å². The van der Waals surface area contributed by atoms with Crippen LogP contribution in [0.25, 0.3) is 0 Å².